The predicted octanol–water partition coefficient (Wildman–Crippen LogP) is 22.7. The van der Waals surface area contributed by atoms with Gasteiger partial charge in [0.05, 0.1) is 22.4 Å². The van der Waals surface area contributed by atoms with Crippen LogP contribution in [-0.4, -0.2) is 6.71 Å². The quantitative estimate of drug-likeness (QED) is 0.134. The van der Waals surface area contributed by atoms with E-state index in [4.69, 9.17) is 13.3 Å². The monoisotopic (exact) mass is 1210 g/mol. The molecule has 16 aromatic rings. The lowest BCUT2D eigenvalue weighted by atomic mass is 9.33. The number of hydrogen-bond donors (Lipinski definition) is 0. The first-order chi connectivity index (χ1) is 45.9. The van der Waals surface area contributed by atoms with E-state index in [2.05, 4.69) is 334 Å². The third-order valence-corrected chi connectivity index (χ3v) is 19.5. The SMILES string of the molecule is CC(C)(C)c1ccc(N2c3cc(N(c4cccc5c4oc4ccccc45)c4cccc5c4oc4ccccc45)ccc3B3c4c2cccc4N(c2ccc(C(C)(C)C)cc2)c2cc(N(c4ccccc4)c4cccc(-c5ccccc5)c4)c4c(oc5ccccc54)c23)cc1. The number of para-hydroxylation sites is 6. The Kier molecular flexibility index (Phi) is 12.4. The number of furan rings is 3. The zero-order valence-electron chi connectivity index (χ0n) is 53.2. The molecule has 7 nitrogen and oxygen atoms in total. The Morgan fingerprint density at radius 2 is 0.766 bits per heavy atom. The topological polar surface area (TPSA) is 52.4 Å². The molecular formula is C86H65BN4O3. The Morgan fingerprint density at radius 3 is 1.35 bits per heavy atom. The summed E-state index contributed by atoms with van der Waals surface area (Å²) in [7, 11) is 0. The molecule has 0 bridgehead atoms. The van der Waals surface area contributed by atoms with Gasteiger partial charge < -0.3 is 32.9 Å². The first-order valence-corrected chi connectivity index (χ1v) is 32.6. The van der Waals surface area contributed by atoms with Crippen LogP contribution in [0, 0.1) is 0 Å². The molecule has 94 heavy (non-hydrogen) atoms. The number of hydrogen-bond acceptors (Lipinski definition) is 7. The highest BCUT2D eigenvalue weighted by Crippen LogP contribution is 2.53. The molecule has 0 spiro atoms. The van der Waals surface area contributed by atoms with Crippen LogP contribution in [0.5, 0.6) is 0 Å². The van der Waals surface area contributed by atoms with Gasteiger partial charge in [-0.05, 0) is 159 Å². The van der Waals surface area contributed by atoms with E-state index in [1.807, 2.05) is 12.1 Å². The van der Waals surface area contributed by atoms with E-state index in [1.54, 1.807) is 0 Å². The summed E-state index contributed by atoms with van der Waals surface area (Å²) < 4.78 is 21.7. The van der Waals surface area contributed by atoms with Crippen molar-refractivity contribution in [2.24, 2.45) is 0 Å². The van der Waals surface area contributed by atoms with Crippen LogP contribution in [0.15, 0.2) is 298 Å². The van der Waals surface area contributed by atoms with E-state index >= 15 is 0 Å². The third kappa shape index (κ3) is 8.66. The summed E-state index contributed by atoms with van der Waals surface area (Å²) in [6, 6.07) is 104. The smallest absolute Gasteiger partial charge is 0.257 e. The summed E-state index contributed by atoms with van der Waals surface area (Å²) in [6.45, 7) is 13.4. The van der Waals surface area contributed by atoms with Crippen LogP contribution < -0.4 is 36.0 Å². The van der Waals surface area contributed by atoms with Gasteiger partial charge >= 0.3 is 0 Å². The van der Waals surface area contributed by atoms with Gasteiger partial charge in [-0.15, -0.1) is 0 Å². The minimum atomic E-state index is -0.324. The Balaban J connectivity index is 0.948. The summed E-state index contributed by atoms with van der Waals surface area (Å²) in [5.74, 6) is 0. The van der Waals surface area contributed by atoms with E-state index in [0.29, 0.717) is 0 Å². The fourth-order valence-corrected chi connectivity index (χ4v) is 15.0. The first kappa shape index (κ1) is 55.4. The highest BCUT2D eigenvalue weighted by atomic mass is 16.3. The molecule has 2 aliphatic rings. The van der Waals surface area contributed by atoms with Crippen molar-refractivity contribution < 1.29 is 13.3 Å². The molecule has 3 aromatic heterocycles. The fraction of sp³-hybridized carbons (Fsp3) is 0.0930. The number of nitrogens with zero attached hydrogens (tertiary/aromatic N) is 4. The van der Waals surface area contributed by atoms with E-state index in [1.165, 1.54) is 16.6 Å². The highest BCUT2D eigenvalue weighted by Gasteiger charge is 2.46. The molecule has 0 N–H and O–H groups in total. The van der Waals surface area contributed by atoms with Gasteiger partial charge in [-0.25, -0.2) is 0 Å². The van der Waals surface area contributed by atoms with Gasteiger partial charge in [0, 0.05) is 78.1 Å². The van der Waals surface area contributed by atoms with Gasteiger partial charge in [-0.1, -0.05) is 217 Å². The summed E-state index contributed by atoms with van der Waals surface area (Å²) in [5.41, 5.74) is 25.1. The molecule has 0 amide bonds. The molecule has 2 aliphatic heterocycles. The largest absolute Gasteiger partial charge is 0.456 e. The molecule has 0 saturated heterocycles. The van der Waals surface area contributed by atoms with Crippen LogP contribution in [0.3, 0.4) is 0 Å². The molecule has 18 rings (SSSR count). The van der Waals surface area contributed by atoms with Crippen LogP contribution in [0.4, 0.5) is 68.2 Å². The first-order valence-electron chi connectivity index (χ1n) is 32.6. The lowest BCUT2D eigenvalue weighted by molar-refractivity contribution is 0.590. The molecule has 8 heteroatoms. The highest BCUT2D eigenvalue weighted by molar-refractivity contribution is 7.01. The van der Waals surface area contributed by atoms with Gasteiger partial charge in [-0.2, -0.15) is 0 Å². The number of anilines is 12. The van der Waals surface area contributed by atoms with Crippen LogP contribution in [0.1, 0.15) is 52.7 Å². The van der Waals surface area contributed by atoms with E-state index in [9.17, 15) is 0 Å². The third-order valence-electron chi connectivity index (χ3n) is 19.5. The maximum absolute atomic E-state index is 7.65. The van der Waals surface area contributed by atoms with Crippen LogP contribution in [0.2, 0.25) is 0 Å². The van der Waals surface area contributed by atoms with E-state index in [-0.39, 0.29) is 17.5 Å². The Morgan fingerprint density at radius 1 is 0.309 bits per heavy atom. The van der Waals surface area contributed by atoms with Crippen LogP contribution >= 0.6 is 0 Å². The van der Waals surface area contributed by atoms with Crippen molar-refractivity contribution in [1.82, 2.24) is 0 Å². The van der Waals surface area contributed by atoms with Crippen LogP contribution in [-0.2, 0) is 10.8 Å². The predicted molar refractivity (Wildman–Crippen MR) is 395 cm³/mol. The molecule has 0 saturated carbocycles. The summed E-state index contributed by atoms with van der Waals surface area (Å²) in [5, 5.41) is 6.27. The second-order valence-electron chi connectivity index (χ2n) is 27.2. The minimum Gasteiger partial charge on any atom is -0.456 e. The maximum Gasteiger partial charge on any atom is 0.257 e. The second-order valence-corrected chi connectivity index (χ2v) is 27.2. The van der Waals surface area contributed by atoms with Crippen molar-refractivity contribution in [1.29, 1.82) is 0 Å². The lowest BCUT2D eigenvalue weighted by Gasteiger charge is -2.44. The van der Waals surface area contributed by atoms with Gasteiger partial charge in [0.2, 0.25) is 0 Å². The summed E-state index contributed by atoms with van der Waals surface area (Å²) in [6.07, 6.45) is 0. The van der Waals surface area contributed by atoms with Crippen LogP contribution in [0.25, 0.3) is 76.9 Å². The normalized spacial score (nSPS) is 12.9. The zero-order valence-corrected chi connectivity index (χ0v) is 53.2. The molecule has 13 aromatic carbocycles. The van der Waals surface area contributed by atoms with Gasteiger partial charge in [0.1, 0.15) is 22.3 Å². The standard InChI is InChI=1S/C86H65BN4O3/c1-85(2,3)56-41-45-59(46-42-56)89-69-34-22-35-70-80(69)87(68-50-49-62(52-73(68)89)91(71-36-20-32-65-63-29-13-16-38-76(63)92-82(65)71)72-37-21-33-66-64-30-14-17-39-77(64)93-83(66)72)81-75(90(70)60-47-43-57(44-48-60)86(4,5)6)53-74(79-67-31-15-18-40-78(67)94-84(79)81)88(58-26-11-8-12-27-58)61-28-19-25-55(51-61)54-23-9-7-10-24-54/h7-53H,1-6H3. The fourth-order valence-electron chi connectivity index (χ4n) is 15.0. The van der Waals surface area contributed by atoms with Gasteiger partial charge in [-0.3, -0.25) is 0 Å². The second kappa shape index (κ2) is 21.0. The summed E-state index contributed by atoms with van der Waals surface area (Å²) >= 11 is 0. The van der Waals surface area contributed by atoms with Gasteiger partial charge in [0.25, 0.3) is 6.71 Å². The molecule has 0 aliphatic carbocycles. The molecule has 0 fully saturated rings. The molecule has 0 unspecified atom stereocenters. The maximum atomic E-state index is 7.65. The van der Waals surface area contributed by atoms with Crippen molar-refractivity contribution in [3.05, 3.63) is 296 Å². The Hall–Kier alpha value is -11.5. The number of benzene rings is 13. The van der Waals surface area contributed by atoms with Crippen molar-refractivity contribution in [3.8, 4) is 11.1 Å². The average molecular weight is 1210 g/mol. The van der Waals surface area contributed by atoms with Crippen molar-refractivity contribution in [2.75, 3.05) is 19.6 Å². The minimum absolute atomic E-state index is 0.0637. The Bertz CT molecular complexity index is 5560. The number of fused-ring (bicyclic) bond motifs is 14. The molecular weight excluding hydrogens is 1150 g/mol. The van der Waals surface area contributed by atoms with Gasteiger partial charge in [0.15, 0.2) is 11.2 Å². The lowest BCUT2D eigenvalue weighted by Crippen LogP contribution is -2.61. The van der Waals surface area contributed by atoms with E-state index in [0.717, 1.165) is 156 Å². The van der Waals surface area contributed by atoms with Crippen molar-refractivity contribution in [3.63, 3.8) is 0 Å². The van der Waals surface area contributed by atoms with Crippen molar-refractivity contribution in [2.45, 2.75) is 52.4 Å². The van der Waals surface area contributed by atoms with Crippen molar-refractivity contribution >= 4 is 157 Å². The Labute approximate surface area is 546 Å². The molecule has 0 atom stereocenters. The number of rotatable bonds is 9. The molecule has 5 heterocycles. The zero-order chi connectivity index (χ0) is 63.1. The molecule has 0 radical (unpaired) electrons. The summed E-state index contributed by atoms with van der Waals surface area (Å²) in [4.78, 5) is 9.82. The molecule has 450 valence electrons. The van der Waals surface area contributed by atoms with E-state index < -0.39 is 0 Å². The average Bonchev–Trinajstić information content (AvgIpc) is 1.33.